The van der Waals surface area contributed by atoms with Crippen LogP contribution in [0.3, 0.4) is 0 Å². The summed E-state index contributed by atoms with van der Waals surface area (Å²) in [5.41, 5.74) is 0. The van der Waals surface area contributed by atoms with Crippen molar-refractivity contribution in [3.05, 3.63) is 40.2 Å². The number of carbonyl (C=O) groups excluding carboxylic acids is 1. The number of aromatic nitrogens is 1. The van der Waals surface area contributed by atoms with Crippen LogP contribution in [0.2, 0.25) is 0 Å². The van der Waals surface area contributed by atoms with Crippen LogP contribution in [0.1, 0.15) is 22.6 Å². The van der Waals surface area contributed by atoms with Gasteiger partial charge in [-0.05, 0) is 26.0 Å². The minimum atomic E-state index is -0.154. The van der Waals surface area contributed by atoms with E-state index in [4.69, 9.17) is 4.42 Å². The van der Waals surface area contributed by atoms with Gasteiger partial charge in [0.15, 0.2) is 5.96 Å². The molecule has 0 aliphatic heterocycles. The molecule has 0 aliphatic rings. The van der Waals surface area contributed by atoms with Gasteiger partial charge in [0.05, 0.1) is 17.8 Å². The van der Waals surface area contributed by atoms with Crippen LogP contribution in [0.15, 0.2) is 34.0 Å². The van der Waals surface area contributed by atoms with Crippen LogP contribution in [0.4, 0.5) is 0 Å². The number of aryl methyl sites for hydroxylation is 1. The summed E-state index contributed by atoms with van der Waals surface area (Å²) < 4.78 is 5.16. The van der Waals surface area contributed by atoms with E-state index in [1.165, 1.54) is 4.88 Å². The summed E-state index contributed by atoms with van der Waals surface area (Å²) in [4.78, 5) is 21.6. The lowest BCUT2D eigenvalue weighted by Crippen LogP contribution is -2.39. The Bertz CT molecular complexity index is 657. The van der Waals surface area contributed by atoms with E-state index in [1.807, 2.05) is 26.1 Å². The highest BCUT2D eigenvalue weighted by Crippen LogP contribution is 2.10. The number of furan rings is 1. The lowest BCUT2D eigenvalue weighted by Gasteiger charge is -2.10. The van der Waals surface area contributed by atoms with Crippen molar-refractivity contribution in [3.63, 3.8) is 0 Å². The van der Waals surface area contributed by atoms with Gasteiger partial charge in [0, 0.05) is 30.6 Å². The van der Waals surface area contributed by atoms with E-state index in [1.54, 1.807) is 23.7 Å². The largest absolute Gasteiger partial charge is 0.467 e. The zero-order valence-electron chi connectivity index (χ0n) is 14.4. The molecule has 0 saturated heterocycles. The predicted octanol–water partition coefficient (Wildman–Crippen LogP) is 2.08. The Morgan fingerprint density at radius 3 is 2.84 bits per heavy atom. The van der Waals surface area contributed by atoms with E-state index < -0.39 is 0 Å². The van der Waals surface area contributed by atoms with Crippen LogP contribution >= 0.6 is 35.3 Å². The summed E-state index contributed by atoms with van der Waals surface area (Å²) in [7, 11) is 0. The Morgan fingerprint density at radius 1 is 1.36 bits per heavy atom. The smallest absolute Gasteiger partial charge is 0.242 e. The van der Waals surface area contributed by atoms with Gasteiger partial charge in [0.25, 0.3) is 0 Å². The van der Waals surface area contributed by atoms with Crippen LogP contribution in [-0.2, 0) is 17.8 Å². The number of hydrogen-bond donors (Lipinski definition) is 3. The zero-order chi connectivity index (χ0) is 17.2. The molecule has 0 fully saturated rings. The number of thiazole rings is 1. The van der Waals surface area contributed by atoms with Gasteiger partial charge in [0.1, 0.15) is 12.3 Å². The third-order valence-electron chi connectivity index (χ3n) is 3.07. The Morgan fingerprint density at radius 2 is 2.20 bits per heavy atom. The molecule has 0 bridgehead atoms. The maximum absolute atomic E-state index is 11.8. The molecule has 2 aromatic rings. The third-order valence-corrected chi connectivity index (χ3v) is 4.04. The van der Waals surface area contributed by atoms with Crippen LogP contribution in [0.5, 0.6) is 0 Å². The fraction of sp³-hybridized carbons (Fsp3) is 0.438. The van der Waals surface area contributed by atoms with Crippen LogP contribution in [-0.4, -0.2) is 36.5 Å². The molecule has 138 valence electrons. The highest BCUT2D eigenvalue weighted by atomic mass is 127. The second kappa shape index (κ2) is 11.9. The summed E-state index contributed by atoms with van der Waals surface area (Å²) in [6, 6.07) is 3.60. The quantitative estimate of drug-likeness (QED) is 0.308. The molecule has 2 heterocycles. The van der Waals surface area contributed by atoms with E-state index in [9.17, 15) is 4.79 Å². The van der Waals surface area contributed by atoms with Gasteiger partial charge in [-0.3, -0.25) is 4.79 Å². The van der Waals surface area contributed by atoms with Gasteiger partial charge in [0.2, 0.25) is 5.91 Å². The molecule has 0 unspecified atom stereocenters. The summed E-state index contributed by atoms with van der Waals surface area (Å²) in [5, 5.41) is 10.2. The second-order valence-electron chi connectivity index (χ2n) is 5.09. The summed E-state index contributed by atoms with van der Waals surface area (Å²) in [5.74, 6) is 1.19. The fourth-order valence-corrected chi connectivity index (χ4v) is 2.74. The van der Waals surface area contributed by atoms with Crippen molar-refractivity contribution in [2.24, 2.45) is 4.99 Å². The van der Waals surface area contributed by atoms with Gasteiger partial charge < -0.3 is 20.4 Å². The molecular formula is C16H24IN5O2S. The highest BCUT2D eigenvalue weighted by molar-refractivity contribution is 14.0. The third kappa shape index (κ3) is 8.34. The highest BCUT2D eigenvalue weighted by Gasteiger charge is 2.04. The van der Waals surface area contributed by atoms with E-state index >= 15 is 0 Å². The molecule has 2 aromatic heterocycles. The molecule has 1 amide bonds. The molecule has 7 nitrogen and oxygen atoms in total. The first-order valence-electron chi connectivity index (χ1n) is 7.90. The van der Waals surface area contributed by atoms with E-state index in [-0.39, 0.29) is 36.4 Å². The van der Waals surface area contributed by atoms with Gasteiger partial charge in [-0.1, -0.05) is 0 Å². The number of carbonyl (C=O) groups is 1. The lowest BCUT2D eigenvalue weighted by atomic mass is 10.4. The molecule has 0 aromatic carbocycles. The molecule has 3 N–H and O–H groups in total. The molecule has 0 radical (unpaired) electrons. The topological polar surface area (TPSA) is 91.5 Å². The first kappa shape index (κ1) is 21.4. The Kier molecular flexibility index (Phi) is 10.2. The number of nitrogens with one attached hydrogen (secondary N) is 3. The van der Waals surface area contributed by atoms with Crippen LogP contribution in [0, 0.1) is 6.92 Å². The predicted molar refractivity (Wildman–Crippen MR) is 111 cm³/mol. The van der Waals surface area contributed by atoms with Crippen molar-refractivity contribution in [2.75, 3.05) is 19.6 Å². The van der Waals surface area contributed by atoms with E-state index in [0.29, 0.717) is 19.0 Å². The van der Waals surface area contributed by atoms with Gasteiger partial charge in [-0.2, -0.15) is 0 Å². The molecule has 0 spiro atoms. The van der Waals surface area contributed by atoms with Gasteiger partial charge >= 0.3 is 0 Å². The lowest BCUT2D eigenvalue weighted by molar-refractivity contribution is -0.119. The average Bonchev–Trinajstić information content (AvgIpc) is 3.22. The first-order chi connectivity index (χ1) is 11.7. The monoisotopic (exact) mass is 477 g/mol. The molecule has 0 aliphatic carbocycles. The van der Waals surface area contributed by atoms with E-state index in [0.717, 1.165) is 23.7 Å². The van der Waals surface area contributed by atoms with Crippen molar-refractivity contribution in [1.29, 1.82) is 0 Å². The van der Waals surface area contributed by atoms with Crippen molar-refractivity contribution in [2.45, 2.75) is 26.8 Å². The molecule has 9 heteroatoms. The van der Waals surface area contributed by atoms with Crippen LogP contribution in [0.25, 0.3) is 0 Å². The maximum Gasteiger partial charge on any atom is 0.242 e. The summed E-state index contributed by atoms with van der Waals surface area (Å²) in [6.45, 7) is 5.91. The Balaban J connectivity index is 0.00000312. The Hall–Kier alpha value is -1.62. The zero-order valence-corrected chi connectivity index (χ0v) is 17.5. The van der Waals surface area contributed by atoms with Gasteiger partial charge in [-0.25, -0.2) is 9.98 Å². The second-order valence-corrected chi connectivity index (χ2v) is 6.41. The summed E-state index contributed by atoms with van der Waals surface area (Å²) >= 11 is 1.69. The van der Waals surface area contributed by atoms with Gasteiger partial charge in [-0.15, -0.1) is 35.3 Å². The number of halogens is 1. The standard InChI is InChI=1S/C16H23N5O2S.HI/c1-3-17-16(18-7-6-15-20-9-12(2)24-15)21-11-14(22)19-10-13-5-4-8-23-13;/h4-5,8-9H,3,6-7,10-11H2,1-2H3,(H,19,22)(H2,17,18,21);1H. The van der Waals surface area contributed by atoms with E-state index in [2.05, 4.69) is 25.9 Å². The van der Waals surface area contributed by atoms with Crippen molar-refractivity contribution < 1.29 is 9.21 Å². The summed E-state index contributed by atoms with van der Waals surface area (Å²) in [6.07, 6.45) is 4.28. The molecule has 25 heavy (non-hydrogen) atoms. The number of guanidine groups is 1. The SMILES string of the molecule is CCNC(=NCC(=O)NCc1ccco1)NCCc1ncc(C)s1.I. The van der Waals surface area contributed by atoms with Crippen molar-refractivity contribution in [3.8, 4) is 0 Å². The number of amides is 1. The Labute approximate surface area is 168 Å². The first-order valence-corrected chi connectivity index (χ1v) is 8.71. The maximum atomic E-state index is 11.8. The minimum Gasteiger partial charge on any atom is -0.467 e. The number of hydrogen-bond acceptors (Lipinski definition) is 5. The van der Waals surface area contributed by atoms with Crippen LogP contribution < -0.4 is 16.0 Å². The fourth-order valence-electron chi connectivity index (χ4n) is 1.95. The number of nitrogens with zero attached hydrogens (tertiary/aromatic N) is 2. The normalized spacial score (nSPS) is 10.9. The van der Waals surface area contributed by atoms with Crippen molar-refractivity contribution >= 4 is 47.2 Å². The number of rotatable bonds is 8. The van der Waals surface area contributed by atoms with Crippen molar-refractivity contribution in [1.82, 2.24) is 20.9 Å². The minimum absolute atomic E-state index is 0. The molecular weight excluding hydrogens is 453 g/mol. The average molecular weight is 477 g/mol. The molecule has 0 saturated carbocycles. The number of aliphatic imine (C=N–C) groups is 1. The molecule has 2 rings (SSSR count). The molecule has 0 atom stereocenters.